The molecule has 0 bridgehead atoms. The van der Waals surface area contributed by atoms with Gasteiger partial charge in [0.15, 0.2) is 0 Å². The maximum atomic E-state index is 9.41. The summed E-state index contributed by atoms with van der Waals surface area (Å²) < 4.78 is 2.00. The number of aliphatic carboxylic acids is 2. The summed E-state index contributed by atoms with van der Waals surface area (Å²) in [5, 5.41) is 18.8. The summed E-state index contributed by atoms with van der Waals surface area (Å²) in [5.41, 5.74) is 0. The molecule has 0 saturated heterocycles. The van der Waals surface area contributed by atoms with Crippen LogP contribution in [0.3, 0.4) is 0 Å². The summed E-state index contributed by atoms with van der Waals surface area (Å²) in [5.74, 6) is -3.09. The molecule has 18 heavy (non-hydrogen) atoms. The normalized spacial score (nSPS) is 10.9. The molecular weight excluding hydrogens is 236 g/mol. The van der Waals surface area contributed by atoms with Crippen molar-refractivity contribution in [3.63, 3.8) is 0 Å². The lowest BCUT2D eigenvalue weighted by Crippen LogP contribution is -2.27. The van der Waals surface area contributed by atoms with E-state index >= 15 is 0 Å². The van der Waals surface area contributed by atoms with Crippen molar-refractivity contribution in [1.82, 2.24) is 0 Å². The van der Waals surface area contributed by atoms with E-state index in [9.17, 15) is 19.8 Å². The van der Waals surface area contributed by atoms with Gasteiger partial charge in [0.05, 0.1) is 68.3 Å². The minimum atomic E-state index is -1.55. The fourth-order valence-corrected chi connectivity index (χ4v) is 0.136. The molecule has 0 aliphatic carbocycles. The van der Waals surface area contributed by atoms with Crippen LogP contribution in [0.15, 0.2) is 12.2 Å². The van der Waals surface area contributed by atoms with E-state index in [0.717, 1.165) is 8.97 Å². The third-order valence-corrected chi connectivity index (χ3v) is 0.355. The Bertz CT molecular complexity index is 233. The molecule has 0 aromatic carbocycles. The molecule has 6 nitrogen and oxygen atoms in total. The lowest BCUT2D eigenvalue weighted by molar-refractivity contribution is -0.849. The molecule has 0 aromatic heterocycles. The van der Waals surface area contributed by atoms with Crippen molar-refractivity contribution >= 4 is 11.9 Å². The Hall–Kier alpha value is -1.40. The molecule has 108 valence electrons. The molecule has 0 amide bonds. The Labute approximate surface area is 110 Å². The minimum absolute atomic E-state index is 0.384. The molecule has 0 saturated carbocycles. The van der Waals surface area contributed by atoms with Gasteiger partial charge in [-0.2, -0.15) is 0 Å². The Morgan fingerprint density at radius 1 is 0.667 bits per heavy atom. The molecule has 0 heterocycles. The second-order valence-electron chi connectivity index (χ2n) is 6.34. The van der Waals surface area contributed by atoms with Crippen molar-refractivity contribution in [2.75, 3.05) is 56.4 Å². The molecule has 0 N–H and O–H groups in total. The summed E-state index contributed by atoms with van der Waals surface area (Å²) in [4.78, 5) is 18.8. The molecule has 0 aromatic rings. The molecule has 0 spiro atoms. The van der Waals surface area contributed by atoms with Gasteiger partial charge in [0, 0.05) is 0 Å². The fraction of sp³-hybridized carbons (Fsp3) is 0.667. The predicted molar refractivity (Wildman–Crippen MR) is 67.1 cm³/mol. The lowest BCUT2D eigenvalue weighted by Gasteiger charge is -2.14. The maximum Gasteiger partial charge on any atom is 0.0675 e. The van der Waals surface area contributed by atoms with Crippen LogP contribution in [0.4, 0.5) is 0 Å². The van der Waals surface area contributed by atoms with Gasteiger partial charge in [0.1, 0.15) is 0 Å². The number of carbonyl (C=O) groups excluding carboxylic acids is 2. The lowest BCUT2D eigenvalue weighted by atomic mass is 10.5. The van der Waals surface area contributed by atoms with Gasteiger partial charge < -0.3 is 28.8 Å². The van der Waals surface area contributed by atoms with E-state index in [1.807, 2.05) is 0 Å². The molecule has 0 aliphatic heterocycles. The topological polar surface area (TPSA) is 80.3 Å². The van der Waals surface area contributed by atoms with E-state index in [1.54, 1.807) is 0 Å². The Balaban J connectivity index is -0.000000197. The number of carbonyl (C=O) groups is 2. The van der Waals surface area contributed by atoms with Crippen LogP contribution < -0.4 is 10.2 Å². The Morgan fingerprint density at radius 3 is 0.833 bits per heavy atom. The van der Waals surface area contributed by atoms with Crippen molar-refractivity contribution in [3.8, 4) is 0 Å². The smallest absolute Gasteiger partial charge is 0.0675 e. The molecule has 0 atom stereocenters. The van der Waals surface area contributed by atoms with Crippen molar-refractivity contribution in [2.24, 2.45) is 0 Å². The van der Waals surface area contributed by atoms with Gasteiger partial charge in [-0.1, -0.05) is 0 Å². The Kier molecular flexibility index (Phi) is 11.7. The average molecular weight is 262 g/mol. The number of carboxylic acid groups (broad SMARTS) is 2. The monoisotopic (exact) mass is 262 g/mol. The highest BCUT2D eigenvalue weighted by Gasteiger charge is 1.88. The zero-order valence-corrected chi connectivity index (χ0v) is 12.7. The summed E-state index contributed by atoms with van der Waals surface area (Å²) in [6.07, 6.45) is 0.769. The van der Waals surface area contributed by atoms with E-state index < -0.39 is 11.9 Å². The minimum Gasteiger partial charge on any atom is -0.545 e. The summed E-state index contributed by atoms with van der Waals surface area (Å²) >= 11 is 0. The first-order valence-electron chi connectivity index (χ1n) is 5.30. The van der Waals surface area contributed by atoms with Crippen LogP contribution >= 0.6 is 0 Å². The van der Waals surface area contributed by atoms with Gasteiger partial charge in [0.2, 0.25) is 0 Å². The molecule has 6 heteroatoms. The molecule has 0 rings (SSSR count). The second-order valence-corrected chi connectivity index (χ2v) is 6.34. The van der Waals surface area contributed by atoms with E-state index in [4.69, 9.17) is 0 Å². The van der Waals surface area contributed by atoms with E-state index in [-0.39, 0.29) is 0 Å². The van der Waals surface area contributed by atoms with E-state index in [1.165, 1.54) is 0 Å². The summed E-state index contributed by atoms with van der Waals surface area (Å²) in [6.45, 7) is 0. The van der Waals surface area contributed by atoms with Crippen LogP contribution in [0.1, 0.15) is 0 Å². The first kappa shape index (κ1) is 21.8. The third kappa shape index (κ3) is 208. The van der Waals surface area contributed by atoms with Gasteiger partial charge in [-0.15, -0.1) is 0 Å². The highest BCUT2D eigenvalue weighted by Crippen LogP contribution is 1.74. The molecular formula is C12H26N2O4. The van der Waals surface area contributed by atoms with Crippen LogP contribution in [0, 0.1) is 0 Å². The largest absolute Gasteiger partial charge is 0.545 e. The van der Waals surface area contributed by atoms with Crippen LogP contribution in [0.5, 0.6) is 0 Å². The SMILES string of the molecule is C[N+](C)(C)C.C[N+](C)(C)C.O=C([O-])/C=C/C(=O)[O-]. The summed E-state index contributed by atoms with van der Waals surface area (Å²) in [7, 11) is 17.0. The molecule has 0 unspecified atom stereocenters. The quantitative estimate of drug-likeness (QED) is 0.413. The molecule has 0 radical (unpaired) electrons. The van der Waals surface area contributed by atoms with Crippen molar-refractivity contribution in [1.29, 1.82) is 0 Å². The van der Waals surface area contributed by atoms with Crippen LogP contribution in [0.2, 0.25) is 0 Å². The highest BCUT2D eigenvalue weighted by molar-refractivity contribution is 5.87. The number of nitrogens with zero attached hydrogens (tertiary/aromatic N) is 2. The van der Waals surface area contributed by atoms with Gasteiger partial charge in [-0.05, 0) is 12.2 Å². The number of carboxylic acids is 2. The zero-order chi connectivity index (χ0) is 15.6. The second kappa shape index (κ2) is 9.61. The van der Waals surface area contributed by atoms with Crippen molar-refractivity contribution in [3.05, 3.63) is 12.2 Å². The summed E-state index contributed by atoms with van der Waals surface area (Å²) in [6, 6.07) is 0. The number of hydrogen-bond donors (Lipinski definition) is 0. The third-order valence-electron chi connectivity index (χ3n) is 0.355. The van der Waals surface area contributed by atoms with E-state index in [2.05, 4.69) is 56.4 Å². The maximum absolute atomic E-state index is 9.41. The first-order chi connectivity index (χ1) is 7.63. The van der Waals surface area contributed by atoms with Crippen LogP contribution in [0.25, 0.3) is 0 Å². The first-order valence-corrected chi connectivity index (χ1v) is 5.30. The van der Waals surface area contributed by atoms with Crippen LogP contribution in [-0.4, -0.2) is 77.3 Å². The Morgan fingerprint density at radius 2 is 0.778 bits per heavy atom. The highest BCUT2D eigenvalue weighted by atomic mass is 16.4. The van der Waals surface area contributed by atoms with E-state index in [0.29, 0.717) is 12.2 Å². The molecule has 0 aliphatic rings. The standard InChI is InChI=1S/2C4H12N.C4H4O4/c2*1-5(2,3)4;5-3(6)1-2-4(7)8/h2*1-4H3;1-2H,(H,5,6)(H,7,8)/q2*+1;/p-2/b;;2-1+. The predicted octanol–water partition coefficient (Wildman–Crippen LogP) is -2.31. The van der Waals surface area contributed by atoms with Crippen molar-refractivity contribution in [2.45, 2.75) is 0 Å². The van der Waals surface area contributed by atoms with Gasteiger partial charge in [-0.3, -0.25) is 0 Å². The number of quaternary nitrogens is 2. The van der Waals surface area contributed by atoms with Crippen LogP contribution in [-0.2, 0) is 9.59 Å². The van der Waals surface area contributed by atoms with Gasteiger partial charge in [0.25, 0.3) is 0 Å². The number of rotatable bonds is 2. The average Bonchev–Trinajstić information content (AvgIpc) is 1.93. The van der Waals surface area contributed by atoms with Gasteiger partial charge in [-0.25, -0.2) is 0 Å². The number of hydrogen-bond acceptors (Lipinski definition) is 4. The van der Waals surface area contributed by atoms with Gasteiger partial charge >= 0.3 is 0 Å². The zero-order valence-electron chi connectivity index (χ0n) is 12.7. The molecule has 0 fully saturated rings. The fourth-order valence-electron chi connectivity index (χ4n) is 0.136. The van der Waals surface area contributed by atoms with Crippen molar-refractivity contribution < 1.29 is 28.8 Å².